The van der Waals surface area contributed by atoms with Crippen LogP contribution < -0.4 is 19.7 Å². The van der Waals surface area contributed by atoms with E-state index in [1.165, 1.54) is 13.5 Å². The van der Waals surface area contributed by atoms with E-state index in [2.05, 4.69) is 10.2 Å². The van der Waals surface area contributed by atoms with Crippen LogP contribution in [-0.4, -0.2) is 33.2 Å². The van der Waals surface area contributed by atoms with Crippen LogP contribution >= 0.6 is 11.6 Å². The first kappa shape index (κ1) is 18.4. The van der Waals surface area contributed by atoms with Crippen molar-refractivity contribution < 1.29 is 14.3 Å². The van der Waals surface area contributed by atoms with Gasteiger partial charge >= 0.3 is 0 Å². The number of rotatable bonds is 5. The van der Waals surface area contributed by atoms with Crippen molar-refractivity contribution in [2.24, 2.45) is 0 Å². The number of carbonyl (C=O) groups is 1. The van der Waals surface area contributed by atoms with Crippen LogP contribution in [0.25, 0.3) is 0 Å². The summed E-state index contributed by atoms with van der Waals surface area (Å²) < 4.78 is 10.5. The van der Waals surface area contributed by atoms with E-state index < -0.39 is 0 Å². The number of hydrogen-bond acceptors (Lipinski definition) is 4. The normalized spacial score (nSPS) is 14.0. The summed E-state index contributed by atoms with van der Waals surface area (Å²) in [5.41, 5.74) is 2.04. The topological polar surface area (TPSA) is 50.8 Å². The number of para-hydroxylation sites is 1. The lowest BCUT2D eigenvalue weighted by Crippen LogP contribution is -2.30. The molecule has 0 saturated carbocycles. The molecule has 1 saturated heterocycles. The summed E-state index contributed by atoms with van der Waals surface area (Å²) >= 11 is 6.46. The maximum absolute atomic E-state index is 12.8. The van der Waals surface area contributed by atoms with Crippen molar-refractivity contribution in [3.8, 4) is 11.5 Å². The van der Waals surface area contributed by atoms with Crippen molar-refractivity contribution >= 4 is 28.9 Å². The average molecular weight is 375 g/mol. The van der Waals surface area contributed by atoms with Crippen LogP contribution in [0.15, 0.2) is 36.4 Å². The molecular weight excluding hydrogens is 352 g/mol. The van der Waals surface area contributed by atoms with Crippen molar-refractivity contribution in [2.45, 2.75) is 19.3 Å². The third-order valence-corrected chi connectivity index (χ3v) is 4.87. The van der Waals surface area contributed by atoms with Gasteiger partial charge in [0, 0.05) is 19.2 Å². The van der Waals surface area contributed by atoms with Gasteiger partial charge in [0.15, 0.2) is 0 Å². The number of piperidine rings is 1. The van der Waals surface area contributed by atoms with E-state index in [9.17, 15) is 4.79 Å². The monoisotopic (exact) mass is 374 g/mol. The molecule has 2 aromatic rings. The molecule has 1 aliphatic rings. The van der Waals surface area contributed by atoms with Crippen LogP contribution in [0, 0.1) is 0 Å². The van der Waals surface area contributed by atoms with Crippen LogP contribution in [0.1, 0.15) is 29.6 Å². The highest BCUT2D eigenvalue weighted by Crippen LogP contribution is 2.36. The molecule has 1 amide bonds. The van der Waals surface area contributed by atoms with Gasteiger partial charge in [0.1, 0.15) is 11.5 Å². The number of carbonyl (C=O) groups excluding carboxylic acids is 1. The zero-order valence-electron chi connectivity index (χ0n) is 15.0. The van der Waals surface area contributed by atoms with Crippen LogP contribution in [0.2, 0.25) is 5.02 Å². The Bertz CT molecular complexity index is 789. The molecular formula is C20H23ClN2O3. The van der Waals surface area contributed by atoms with Crippen LogP contribution in [0.3, 0.4) is 0 Å². The third-order valence-electron chi connectivity index (χ3n) is 4.56. The molecule has 0 bridgehead atoms. The number of hydrogen-bond donors (Lipinski definition) is 1. The second-order valence-corrected chi connectivity index (χ2v) is 6.61. The molecule has 1 N–H and O–H groups in total. The molecule has 0 aromatic heterocycles. The molecule has 0 unspecified atom stereocenters. The van der Waals surface area contributed by atoms with Crippen molar-refractivity contribution in [3.63, 3.8) is 0 Å². The molecule has 5 nitrogen and oxygen atoms in total. The van der Waals surface area contributed by atoms with Crippen LogP contribution in [-0.2, 0) is 0 Å². The summed E-state index contributed by atoms with van der Waals surface area (Å²) in [5.74, 6) is 0.851. The van der Waals surface area contributed by atoms with E-state index >= 15 is 0 Å². The lowest BCUT2D eigenvalue weighted by molar-refractivity contribution is 0.102. The van der Waals surface area contributed by atoms with Crippen molar-refractivity contribution in [3.05, 3.63) is 47.0 Å². The van der Waals surface area contributed by atoms with E-state index in [1.54, 1.807) is 25.3 Å². The fourth-order valence-electron chi connectivity index (χ4n) is 3.23. The zero-order chi connectivity index (χ0) is 18.5. The lowest BCUT2D eigenvalue weighted by atomic mass is 10.1. The van der Waals surface area contributed by atoms with E-state index in [-0.39, 0.29) is 5.91 Å². The van der Waals surface area contributed by atoms with E-state index in [0.29, 0.717) is 27.8 Å². The summed E-state index contributed by atoms with van der Waals surface area (Å²) in [7, 11) is 3.11. The van der Waals surface area contributed by atoms with Crippen LogP contribution in [0.4, 0.5) is 11.4 Å². The van der Waals surface area contributed by atoms with Gasteiger partial charge in [-0.15, -0.1) is 0 Å². The predicted molar refractivity (Wildman–Crippen MR) is 105 cm³/mol. The van der Waals surface area contributed by atoms with Gasteiger partial charge in [0.25, 0.3) is 5.91 Å². The lowest BCUT2D eigenvalue weighted by Gasteiger charge is -2.31. The molecule has 1 aliphatic heterocycles. The Morgan fingerprint density at radius 3 is 2.54 bits per heavy atom. The van der Waals surface area contributed by atoms with Crippen molar-refractivity contribution in [2.75, 3.05) is 37.5 Å². The molecule has 1 heterocycles. The second-order valence-electron chi connectivity index (χ2n) is 6.20. The number of nitrogens with one attached hydrogen (secondary N) is 1. The minimum atomic E-state index is -0.245. The number of amides is 1. The maximum atomic E-state index is 12.8. The number of benzene rings is 2. The summed E-state index contributed by atoms with van der Waals surface area (Å²) in [6.07, 6.45) is 3.49. The highest BCUT2D eigenvalue weighted by molar-refractivity contribution is 6.34. The Hall–Kier alpha value is -2.40. The largest absolute Gasteiger partial charge is 0.497 e. The second kappa shape index (κ2) is 8.32. The molecule has 6 heteroatoms. The summed E-state index contributed by atoms with van der Waals surface area (Å²) in [5, 5.41) is 3.64. The molecule has 0 spiro atoms. The molecule has 3 rings (SSSR count). The molecule has 0 atom stereocenters. The van der Waals surface area contributed by atoms with Gasteiger partial charge in [-0.2, -0.15) is 0 Å². The van der Waals surface area contributed by atoms with Gasteiger partial charge in [-0.1, -0.05) is 17.7 Å². The van der Waals surface area contributed by atoms with E-state index in [1.807, 2.05) is 18.2 Å². The van der Waals surface area contributed by atoms with Gasteiger partial charge in [0.2, 0.25) is 0 Å². The van der Waals surface area contributed by atoms with Crippen molar-refractivity contribution in [1.29, 1.82) is 0 Å². The first-order valence-electron chi connectivity index (χ1n) is 8.71. The fourth-order valence-corrected chi connectivity index (χ4v) is 3.52. The van der Waals surface area contributed by atoms with E-state index in [4.69, 9.17) is 21.1 Å². The molecule has 138 valence electrons. The number of halogens is 1. The third kappa shape index (κ3) is 3.88. The maximum Gasteiger partial charge on any atom is 0.259 e. The Labute approximate surface area is 158 Å². The first-order chi connectivity index (χ1) is 12.6. The standard InChI is InChI=1S/C20H23ClN2O3/c1-25-14-9-10-15(18(13-14)26-2)20(24)22-17-8-6-7-16(21)19(17)23-11-4-3-5-12-23/h6-10,13H,3-5,11-12H2,1-2H3,(H,22,24). The summed E-state index contributed by atoms with van der Waals surface area (Å²) in [6.45, 7) is 1.89. The number of methoxy groups -OCH3 is 2. The van der Waals surface area contributed by atoms with Gasteiger partial charge in [0.05, 0.1) is 36.2 Å². The SMILES string of the molecule is COc1ccc(C(=O)Nc2cccc(Cl)c2N2CCCCC2)c(OC)c1. The molecule has 26 heavy (non-hydrogen) atoms. The fraction of sp³-hybridized carbons (Fsp3) is 0.350. The first-order valence-corrected chi connectivity index (χ1v) is 9.08. The minimum absolute atomic E-state index is 0.245. The Balaban J connectivity index is 1.89. The minimum Gasteiger partial charge on any atom is -0.497 e. The smallest absolute Gasteiger partial charge is 0.259 e. The summed E-state index contributed by atoms with van der Waals surface area (Å²) in [4.78, 5) is 15.1. The molecule has 0 aliphatic carbocycles. The van der Waals surface area contributed by atoms with Gasteiger partial charge in [-0.25, -0.2) is 0 Å². The molecule has 1 fully saturated rings. The highest BCUT2D eigenvalue weighted by atomic mass is 35.5. The van der Waals surface area contributed by atoms with Gasteiger partial charge < -0.3 is 19.7 Å². The van der Waals surface area contributed by atoms with E-state index in [0.717, 1.165) is 31.6 Å². The Morgan fingerprint density at radius 2 is 1.85 bits per heavy atom. The summed E-state index contributed by atoms with van der Waals surface area (Å²) in [6, 6.07) is 10.7. The number of nitrogens with zero attached hydrogens (tertiary/aromatic N) is 1. The Kier molecular flexibility index (Phi) is 5.89. The predicted octanol–water partition coefficient (Wildman–Crippen LogP) is 4.60. The quantitative estimate of drug-likeness (QED) is 0.830. The number of ether oxygens (including phenoxy) is 2. The molecule has 0 radical (unpaired) electrons. The number of anilines is 2. The Morgan fingerprint density at radius 1 is 1.08 bits per heavy atom. The highest BCUT2D eigenvalue weighted by Gasteiger charge is 2.20. The van der Waals surface area contributed by atoms with Crippen LogP contribution in [0.5, 0.6) is 11.5 Å². The van der Waals surface area contributed by atoms with Crippen molar-refractivity contribution in [1.82, 2.24) is 0 Å². The average Bonchev–Trinajstić information content (AvgIpc) is 2.68. The van der Waals surface area contributed by atoms with Gasteiger partial charge in [-0.05, 0) is 43.5 Å². The van der Waals surface area contributed by atoms with Gasteiger partial charge in [-0.3, -0.25) is 4.79 Å². The molecule has 2 aromatic carbocycles. The zero-order valence-corrected chi connectivity index (χ0v) is 15.8.